The second kappa shape index (κ2) is 9.22. The van der Waals surface area contributed by atoms with E-state index in [-0.39, 0.29) is 0 Å². The minimum Gasteiger partial charge on any atom is -0.339 e. The van der Waals surface area contributed by atoms with Crippen LogP contribution in [0.1, 0.15) is 30.7 Å². The molecular weight excluding hydrogens is 374 g/mol. The number of thioether (sulfide) groups is 1. The average Bonchev–Trinajstić information content (AvgIpc) is 3.39. The van der Waals surface area contributed by atoms with Gasteiger partial charge in [-0.1, -0.05) is 43.2 Å². The number of hydrogen-bond donors (Lipinski definition) is 0. The number of hydrogen-bond acceptors (Lipinski definition) is 5. The van der Waals surface area contributed by atoms with E-state index in [4.69, 9.17) is 4.98 Å². The first kappa shape index (κ1) is 19.0. The molecule has 4 rings (SSSR count). The molecule has 1 aliphatic carbocycles. The molecule has 0 atom stereocenters. The molecule has 27 heavy (non-hydrogen) atoms. The van der Waals surface area contributed by atoms with Crippen molar-refractivity contribution >= 4 is 29.0 Å². The highest BCUT2D eigenvalue weighted by molar-refractivity contribution is 8.00. The number of carbonyl (C=O) groups excluding carboxylic acids is 1. The molecule has 2 fully saturated rings. The van der Waals surface area contributed by atoms with Gasteiger partial charge in [0.05, 0.1) is 18.0 Å². The number of piperazine rings is 1. The van der Waals surface area contributed by atoms with Gasteiger partial charge in [-0.3, -0.25) is 9.69 Å². The molecule has 0 radical (unpaired) electrons. The highest BCUT2D eigenvalue weighted by atomic mass is 32.2. The van der Waals surface area contributed by atoms with Crippen molar-refractivity contribution in [3.8, 4) is 11.3 Å². The van der Waals surface area contributed by atoms with E-state index in [0.29, 0.717) is 11.7 Å². The Morgan fingerprint density at radius 1 is 1.11 bits per heavy atom. The zero-order valence-electron chi connectivity index (χ0n) is 15.7. The van der Waals surface area contributed by atoms with Gasteiger partial charge in [0.1, 0.15) is 5.01 Å². The molecule has 144 valence electrons. The van der Waals surface area contributed by atoms with Crippen molar-refractivity contribution in [3.63, 3.8) is 0 Å². The smallest absolute Gasteiger partial charge is 0.232 e. The molecule has 6 heteroatoms. The van der Waals surface area contributed by atoms with Crippen LogP contribution >= 0.6 is 23.1 Å². The summed E-state index contributed by atoms with van der Waals surface area (Å²) in [5.74, 6) is 0.990. The number of amides is 1. The van der Waals surface area contributed by atoms with Crippen molar-refractivity contribution in [2.75, 3.05) is 31.9 Å². The summed E-state index contributed by atoms with van der Waals surface area (Å²) in [5, 5.41) is 4.02. The van der Waals surface area contributed by atoms with E-state index in [1.807, 2.05) is 17.8 Å². The zero-order chi connectivity index (χ0) is 18.5. The predicted octanol–water partition coefficient (Wildman–Crippen LogP) is 4.13. The summed E-state index contributed by atoms with van der Waals surface area (Å²) in [6, 6.07) is 10.3. The van der Waals surface area contributed by atoms with E-state index in [1.165, 1.54) is 31.2 Å². The number of nitrogens with zero attached hydrogens (tertiary/aromatic N) is 3. The van der Waals surface area contributed by atoms with Crippen molar-refractivity contribution in [2.45, 2.75) is 37.5 Å². The molecule has 1 saturated heterocycles. The first-order chi connectivity index (χ1) is 13.3. The van der Waals surface area contributed by atoms with Gasteiger partial charge < -0.3 is 4.90 Å². The standard InChI is InChI=1S/C21H27N3OS2/c25-21(16-26-18-8-4-5-9-18)24-12-10-23(11-13-24)14-20-22-19(15-27-20)17-6-2-1-3-7-17/h1-3,6-7,15,18H,4-5,8-14,16H2. The van der Waals surface area contributed by atoms with Crippen LogP contribution in [0.4, 0.5) is 0 Å². The van der Waals surface area contributed by atoms with Crippen molar-refractivity contribution in [1.82, 2.24) is 14.8 Å². The summed E-state index contributed by atoms with van der Waals surface area (Å²) in [6.07, 6.45) is 5.27. The molecule has 1 saturated carbocycles. The Morgan fingerprint density at radius 2 is 1.85 bits per heavy atom. The number of rotatable bonds is 6. The van der Waals surface area contributed by atoms with E-state index >= 15 is 0 Å². The van der Waals surface area contributed by atoms with E-state index in [1.54, 1.807) is 11.3 Å². The lowest BCUT2D eigenvalue weighted by atomic mass is 10.2. The Labute approximate surface area is 170 Å². The van der Waals surface area contributed by atoms with Gasteiger partial charge in [0.25, 0.3) is 0 Å². The van der Waals surface area contributed by atoms with Crippen LogP contribution in [-0.2, 0) is 11.3 Å². The summed E-state index contributed by atoms with van der Waals surface area (Å²) >= 11 is 3.61. The molecule has 1 aromatic carbocycles. The third-order valence-corrected chi connectivity index (χ3v) is 7.64. The van der Waals surface area contributed by atoms with Crippen LogP contribution in [0.3, 0.4) is 0 Å². The third-order valence-electron chi connectivity index (χ3n) is 5.45. The van der Waals surface area contributed by atoms with Gasteiger partial charge in [-0.25, -0.2) is 4.98 Å². The van der Waals surface area contributed by atoms with Gasteiger partial charge in [-0.2, -0.15) is 0 Å². The minimum atomic E-state index is 0.326. The fraction of sp³-hybridized carbons (Fsp3) is 0.524. The average molecular weight is 402 g/mol. The van der Waals surface area contributed by atoms with Crippen molar-refractivity contribution in [2.24, 2.45) is 0 Å². The Bertz CT molecular complexity index is 735. The Morgan fingerprint density at radius 3 is 2.59 bits per heavy atom. The van der Waals surface area contributed by atoms with Crippen LogP contribution in [0.15, 0.2) is 35.7 Å². The lowest BCUT2D eigenvalue weighted by molar-refractivity contribution is -0.130. The molecule has 0 spiro atoms. The van der Waals surface area contributed by atoms with Crippen molar-refractivity contribution < 1.29 is 4.79 Å². The van der Waals surface area contributed by atoms with E-state index in [2.05, 4.69) is 39.4 Å². The van der Waals surface area contributed by atoms with Crippen LogP contribution in [0.2, 0.25) is 0 Å². The molecule has 2 aromatic rings. The summed E-state index contributed by atoms with van der Waals surface area (Å²) in [7, 11) is 0. The van der Waals surface area contributed by atoms with Gasteiger partial charge in [-0.05, 0) is 12.8 Å². The summed E-state index contributed by atoms with van der Waals surface area (Å²) < 4.78 is 0. The number of carbonyl (C=O) groups is 1. The second-order valence-electron chi connectivity index (χ2n) is 7.37. The molecular formula is C21H27N3OS2. The summed E-state index contributed by atoms with van der Waals surface area (Å²) in [5.41, 5.74) is 2.24. The van der Waals surface area contributed by atoms with Gasteiger partial charge in [0, 0.05) is 42.4 Å². The van der Waals surface area contributed by atoms with Crippen LogP contribution in [0.25, 0.3) is 11.3 Å². The lowest BCUT2D eigenvalue weighted by Crippen LogP contribution is -2.48. The normalized spacial score (nSPS) is 18.9. The zero-order valence-corrected chi connectivity index (χ0v) is 17.3. The Balaban J connectivity index is 1.22. The SMILES string of the molecule is O=C(CSC1CCCC1)N1CCN(Cc2nc(-c3ccccc3)cs2)CC1. The molecule has 1 amide bonds. The second-order valence-corrected chi connectivity index (χ2v) is 9.60. The van der Waals surface area contributed by atoms with E-state index in [9.17, 15) is 4.79 Å². The molecule has 0 unspecified atom stereocenters. The predicted molar refractivity (Wildman–Crippen MR) is 114 cm³/mol. The number of thiazole rings is 1. The third kappa shape index (κ3) is 5.12. The highest BCUT2D eigenvalue weighted by Crippen LogP contribution is 2.29. The Hall–Kier alpha value is -1.37. The van der Waals surface area contributed by atoms with E-state index < -0.39 is 0 Å². The van der Waals surface area contributed by atoms with Crippen molar-refractivity contribution in [1.29, 1.82) is 0 Å². The number of aromatic nitrogens is 1. The Kier molecular flexibility index (Phi) is 6.47. The van der Waals surface area contributed by atoms with Crippen LogP contribution in [0.5, 0.6) is 0 Å². The molecule has 0 bridgehead atoms. The molecule has 1 aliphatic heterocycles. The molecule has 4 nitrogen and oxygen atoms in total. The molecule has 2 heterocycles. The van der Waals surface area contributed by atoms with Gasteiger partial charge in [0.15, 0.2) is 0 Å². The number of benzene rings is 1. The monoisotopic (exact) mass is 401 g/mol. The summed E-state index contributed by atoms with van der Waals surface area (Å²) in [6.45, 7) is 4.47. The largest absolute Gasteiger partial charge is 0.339 e. The molecule has 2 aliphatic rings. The maximum atomic E-state index is 12.5. The molecule has 1 aromatic heterocycles. The van der Waals surface area contributed by atoms with E-state index in [0.717, 1.165) is 48.7 Å². The first-order valence-electron chi connectivity index (χ1n) is 9.89. The van der Waals surface area contributed by atoms with Crippen LogP contribution in [0, 0.1) is 0 Å². The molecule has 0 N–H and O–H groups in total. The maximum absolute atomic E-state index is 12.5. The lowest BCUT2D eigenvalue weighted by Gasteiger charge is -2.34. The van der Waals surface area contributed by atoms with Gasteiger partial charge >= 0.3 is 0 Å². The van der Waals surface area contributed by atoms with Crippen LogP contribution in [-0.4, -0.2) is 57.9 Å². The quantitative estimate of drug-likeness (QED) is 0.729. The van der Waals surface area contributed by atoms with Gasteiger partial charge in [-0.15, -0.1) is 23.1 Å². The topological polar surface area (TPSA) is 36.4 Å². The minimum absolute atomic E-state index is 0.326. The van der Waals surface area contributed by atoms with Gasteiger partial charge in [0.2, 0.25) is 5.91 Å². The maximum Gasteiger partial charge on any atom is 0.232 e. The van der Waals surface area contributed by atoms with Crippen molar-refractivity contribution in [3.05, 3.63) is 40.7 Å². The fourth-order valence-corrected chi connectivity index (χ4v) is 5.88. The fourth-order valence-electron chi connectivity index (χ4n) is 3.81. The first-order valence-corrected chi connectivity index (χ1v) is 11.8. The van der Waals surface area contributed by atoms with Crippen LogP contribution < -0.4 is 0 Å². The summed E-state index contributed by atoms with van der Waals surface area (Å²) in [4.78, 5) is 21.7. The highest BCUT2D eigenvalue weighted by Gasteiger charge is 2.23.